The van der Waals surface area contributed by atoms with Gasteiger partial charge in [0.05, 0.1) is 31.0 Å². The van der Waals surface area contributed by atoms with E-state index in [1.54, 1.807) is 0 Å². The summed E-state index contributed by atoms with van der Waals surface area (Å²) < 4.78 is 0. The number of piperidine rings is 1. The Morgan fingerprint density at radius 1 is 1.10 bits per heavy atom. The first-order chi connectivity index (χ1) is 14.6. The smallest absolute Gasteiger partial charge is 0.242 e. The molecule has 0 saturated carbocycles. The number of amidine groups is 1. The third-order valence-corrected chi connectivity index (χ3v) is 5.60. The number of para-hydroxylation sites is 2. The van der Waals surface area contributed by atoms with E-state index in [0.717, 1.165) is 35.6 Å². The average Bonchev–Trinajstić information content (AvgIpc) is 2.76. The molecule has 7 nitrogen and oxygen atoms in total. The van der Waals surface area contributed by atoms with Crippen molar-refractivity contribution in [2.24, 2.45) is 4.99 Å². The molecular formula is C23H27N5O2. The van der Waals surface area contributed by atoms with Gasteiger partial charge in [0, 0.05) is 13.5 Å². The van der Waals surface area contributed by atoms with E-state index in [0.29, 0.717) is 19.6 Å². The third kappa shape index (κ3) is 4.30. The highest BCUT2D eigenvalue weighted by molar-refractivity contribution is 6.10. The molecule has 0 bridgehead atoms. The van der Waals surface area contributed by atoms with Gasteiger partial charge in [-0.1, -0.05) is 42.5 Å². The van der Waals surface area contributed by atoms with Crippen molar-refractivity contribution in [2.45, 2.75) is 31.8 Å². The fourth-order valence-corrected chi connectivity index (χ4v) is 4.09. The van der Waals surface area contributed by atoms with Gasteiger partial charge < -0.3 is 20.9 Å². The molecule has 2 aliphatic rings. The van der Waals surface area contributed by atoms with Gasteiger partial charge >= 0.3 is 0 Å². The number of carbonyl (C=O) groups is 2. The third-order valence-electron chi connectivity index (χ3n) is 5.60. The molecule has 0 radical (unpaired) electrons. The fraction of sp³-hybridized carbons (Fsp3) is 0.348. The standard InChI is InChI=1S/C23H27N5O2/c1-17(29)24-15-21(30)28-13-7-12-23(16-28)22(25-14-18-8-3-2-4-9-18)26-19-10-5-6-11-20(19)27-23/h2-6,8-11,27H,7,12-16H2,1H3,(H,24,29)(H,25,26)/t23-/m1/s1. The van der Waals surface area contributed by atoms with Gasteiger partial charge in [-0.15, -0.1) is 0 Å². The molecule has 4 rings (SSSR count). The molecule has 1 atom stereocenters. The van der Waals surface area contributed by atoms with Crippen LogP contribution < -0.4 is 16.0 Å². The Hall–Kier alpha value is -3.35. The number of fused-ring (bicyclic) bond motifs is 1. The number of hydrogen-bond acceptors (Lipinski definition) is 4. The molecule has 2 aromatic rings. The van der Waals surface area contributed by atoms with Crippen LogP contribution in [0.3, 0.4) is 0 Å². The molecule has 2 heterocycles. The summed E-state index contributed by atoms with van der Waals surface area (Å²) in [5.74, 6) is 0.570. The number of nitrogens with zero attached hydrogens (tertiary/aromatic N) is 2. The van der Waals surface area contributed by atoms with E-state index in [2.05, 4.69) is 28.1 Å². The van der Waals surface area contributed by atoms with Crippen molar-refractivity contribution in [1.29, 1.82) is 0 Å². The molecule has 2 amide bonds. The molecule has 30 heavy (non-hydrogen) atoms. The molecule has 156 valence electrons. The van der Waals surface area contributed by atoms with E-state index in [-0.39, 0.29) is 18.4 Å². The van der Waals surface area contributed by atoms with Gasteiger partial charge in [-0.3, -0.25) is 14.6 Å². The summed E-state index contributed by atoms with van der Waals surface area (Å²) in [4.78, 5) is 30.6. The lowest BCUT2D eigenvalue weighted by molar-refractivity contribution is -0.133. The van der Waals surface area contributed by atoms with Gasteiger partial charge in [0.1, 0.15) is 11.4 Å². The van der Waals surface area contributed by atoms with Crippen LogP contribution in [0.15, 0.2) is 59.6 Å². The van der Waals surface area contributed by atoms with Gasteiger partial charge in [-0.2, -0.15) is 0 Å². The van der Waals surface area contributed by atoms with Crippen molar-refractivity contribution in [1.82, 2.24) is 10.2 Å². The molecule has 0 unspecified atom stereocenters. The maximum Gasteiger partial charge on any atom is 0.242 e. The molecule has 0 aliphatic carbocycles. The van der Waals surface area contributed by atoms with Crippen LogP contribution in [0, 0.1) is 0 Å². The van der Waals surface area contributed by atoms with E-state index in [9.17, 15) is 9.59 Å². The number of likely N-dealkylation sites (tertiary alicyclic amines) is 1. The molecule has 2 aromatic carbocycles. The number of aliphatic imine (C=N–C) groups is 1. The zero-order valence-electron chi connectivity index (χ0n) is 17.1. The predicted molar refractivity (Wildman–Crippen MR) is 118 cm³/mol. The Morgan fingerprint density at radius 3 is 2.60 bits per heavy atom. The molecule has 1 fully saturated rings. The monoisotopic (exact) mass is 405 g/mol. The minimum atomic E-state index is -0.479. The molecule has 2 aliphatic heterocycles. The molecule has 3 N–H and O–H groups in total. The normalized spacial score (nSPS) is 21.5. The summed E-state index contributed by atoms with van der Waals surface area (Å²) in [5, 5.41) is 9.80. The topological polar surface area (TPSA) is 85.8 Å². The quantitative estimate of drug-likeness (QED) is 0.730. The highest BCUT2D eigenvalue weighted by atomic mass is 16.2. The zero-order valence-corrected chi connectivity index (χ0v) is 17.1. The maximum absolute atomic E-state index is 12.7. The van der Waals surface area contributed by atoms with E-state index >= 15 is 0 Å². The van der Waals surface area contributed by atoms with Gasteiger partial charge in [0.15, 0.2) is 0 Å². The van der Waals surface area contributed by atoms with E-state index < -0.39 is 5.54 Å². The number of carbonyl (C=O) groups excluding carboxylic acids is 2. The van der Waals surface area contributed by atoms with Gasteiger partial charge in [0.2, 0.25) is 11.8 Å². The second-order valence-electron chi connectivity index (χ2n) is 7.86. The van der Waals surface area contributed by atoms with E-state index in [1.165, 1.54) is 6.92 Å². The summed E-state index contributed by atoms with van der Waals surface area (Å²) in [5.41, 5.74) is 2.65. The highest BCUT2D eigenvalue weighted by Crippen LogP contribution is 2.36. The number of nitrogens with one attached hydrogen (secondary N) is 3. The summed E-state index contributed by atoms with van der Waals surface area (Å²) in [6.07, 6.45) is 1.72. The lowest BCUT2D eigenvalue weighted by Gasteiger charge is -2.47. The average molecular weight is 406 g/mol. The van der Waals surface area contributed by atoms with Crippen LogP contribution in [0.2, 0.25) is 0 Å². The largest absolute Gasteiger partial charge is 0.370 e. The van der Waals surface area contributed by atoms with Crippen LogP contribution in [0.4, 0.5) is 11.4 Å². The fourth-order valence-electron chi connectivity index (χ4n) is 4.09. The molecule has 0 aromatic heterocycles. The predicted octanol–water partition coefficient (Wildman–Crippen LogP) is 2.62. The van der Waals surface area contributed by atoms with Crippen molar-refractivity contribution >= 4 is 29.0 Å². The van der Waals surface area contributed by atoms with Crippen molar-refractivity contribution in [2.75, 3.05) is 30.3 Å². The lowest BCUT2D eigenvalue weighted by Crippen LogP contribution is -2.63. The van der Waals surface area contributed by atoms with E-state index in [1.807, 2.05) is 47.4 Å². The Balaban J connectivity index is 1.61. The van der Waals surface area contributed by atoms with Crippen molar-refractivity contribution in [3.05, 3.63) is 60.2 Å². The first-order valence-corrected chi connectivity index (χ1v) is 10.3. The summed E-state index contributed by atoms with van der Waals surface area (Å²) >= 11 is 0. The van der Waals surface area contributed by atoms with Crippen LogP contribution in [0.1, 0.15) is 25.3 Å². The number of benzene rings is 2. The molecular weight excluding hydrogens is 378 g/mol. The summed E-state index contributed by atoms with van der Waals surface area (Å²) in [6, 6.07) is 18.2. The van der Waals surface area contributed by atoms with Crippen molar-refractivity contribution in [3.8, 4) is 0 Å². The Bertz CT molecular complexity index is 959. The summed E-state index contributed by atoms with van der Waals surface area (Å²) in [6.45, 7) is 3.18. The van der Waals surface area contributed by atoms with Crippen molar-refractivity contribution in [3.63, 3.8) is 0 Å². The minimum Gasteiger partial charge on any atom is -0.370 e. The van der Waals surface area contributed by atoms with Crippen LogP contribution in [0.5, 0.6) is 0 Å². The van der Waals surface area contributed by atoms with Gasteiger partial charge in [-0.05, 0) is 30.5 Å². The van der Waals surface area contributed by atoms with Gasteiger partial charge in [-0.25, -0.2) is 0 Å². The lowest BCUT2D eigenvalue weighted by atomic mass is 9.85. The SMILES string of the molecule is CC(=O)NCC(=O)N1CCC[C@]2(C1)Nc1ccccc1NC2=NCc1ccccc1. The molecule has 1 spiro atoms. The van der Waals surface area contributed by atoms with Crippen molar-refractivity contribution < 1.29 is 9.59 Å². The van der Waals surface area contributed by atoms with Crippen LogP contribution in [-0.2, 0) is 16.1 Å². The minimum absolute atomic E-state index is 0.0198. The summed E-state index contributed by atoms with van der Waals surface area (Å²) in [7, 11) is 0. The highest BCUT2D eigenvalue weighted by Gasteiger charge is 2.44. The van der Waals surface area contributed by atoms with Crippen LogP contribution in [0.25, 0.3) is 0 Å². The number of hydrogen-bond donors (Lipinski definition) is 3. The second kappa shape index (κ2) is 8.57. The van der Waals surface area contributed by atoms with E-state index in [4.69, 9.17) is 4.99 Å². The molecule has 1 saturated heterocycles. The Morgan fingerprint density at radius 2 is 1.83 bits per heavy atom. The first-order valence-electron chi connectivity index (χ1n) is 10.3. The zero-order chi connectivity index (χ0) is 21.0. The van der Waals surface area contributed by atoms with Crippen LogP contribution >= 0.6 is 0 Å². The van der Waals surface area contributed by atoms with Gasteiger partial charge in [0.25, 0.3) is 0 Å². The maximum atomic E-state index is 12.7. The molecule has 7 heteroatoms. The Kier molecular flexibility index (Phi) is 5.70. The van der Waals surface area contributed by atoms with Crippen LogP contribution in [-0.4, -0.2) is 47.7 Å². The first kappa shape index (κ1) is 19.9. The Labute approximate surface area is 176 Å². The number of amides is 2. The number of anilines is 2. The second-order valence-corrected chi connectivity index (χ2v) is 7.86. The number of rotatable bonds is 4.